The van der Waals surface area contributed by atoms with Crippen LogP contribution in [0.1, 0.15) is 42.5 Å². The van der Waals surface area contributed by atoms with E-state index in [9.17, 15) is 4.79 Å². The fourth-order valence-electron chi connectivity index (χ4n) is 2.85. The first-order chi connectivity index (χ1) is 12.3. The molecule has 0 atom stereocenters. The first kappa shape index (κ1) is 18.3. The van der Waals surface area contributed by atoms with E-state index in [1.165, 1.54) is 5.56 Å². The van der Waals surface area contributed by atoms with Gasteiger partial charge in [0.1, 0.15) is 5.69 Å². The van der Waals surface area contributed by atoms with E-state index in [1.54, 1.807) is 11.0 Å². The molecule has 0 aliphatic carbocycles. The van der Waals surface area contributed by atoms with E-state index in [-0.39, 0.29) is 11.3 Å². The molecule has 138 valence electrons. The summed E-state index contributed by atoms with van der Waals surface area (Å²) in [6.07, 6.45) is 0. The number of rotatable bonds is 3. The quantitative estimate of drug-likeness (QED) is 0.916. The predicted octanol–water partition coefficient (Wildman–Crippen LogP) is 3.30. The van der Waals surface area contributed by atoms with Crippen molar-refractivity contribution < 1.29 is 9.53 Å². The summed E-state index contributed by atoms with van der Waals surface area (Å²) in [5.41, 5.74) is 3.43. The van der Waals surface area contributed by atoms with E-state index in [0.29, 0.717) is 37.9 Å². The van der Waals surface area contributed by atoms with Gasteiger partial charge in [-0.2, -0.15) is 0 Å². The van der Waals surface area contributed by atoms with Crippen LogP contribution in [0.3, 0.4) is 0 Å². The highest BCUT2D eigenvalue weighted by atomic mass is 16.5. The van der Waals surface area contributed by atoms with Crippen LogP contribution in [-0.4, -0.2) is 47.1 Å². The first-order valence-electron chi connectivity index (χ1n) is 8.93. The molecule has 1 saturated heterocycles. The first-order valence-corrected chi connectivity index (χ1v) is 8.93. The fraction of sp³-hybridized carbons (Fsp3) is 0.450. The van der Waals surface area contributed by atoms with Crippen molar-refractivity contribution in [2.45, 2.75) is 33.1 Å². The molecular weight excluding hydrogens is 328 g/mol. The summed E-state index contributed by atoms with van der Waals surface area (Å²) < 4.78 is 5.31. The van der Waals surface area contributed by atoms with E-state index in [0.717, 1.165) is 11.4 Å². The van der Waals surface area contributed by atoms with Crippen molar-refractivity contribution in [3.8, 4) is 0 Å². The van der Waals surface area contributed by atoms with Gasteiger partial charge in [-0.25, -0.2) is 9.97 Å². The Morgan fingerprint density at radius 2 is 1.77 bits per heavy atom. The van der Waals surface area contributed by atoms with Gasteiger partial charge in [0.15, 0.2) is 0 Å². The highest BCUT2D eigenvalue weighted by Crippen LogP contribution is 2.24. The molecule has 26 heavy (non-hydrogen) atoms. The normalized spacial score (nSPS) is 15.0. The molecule has 0 unspecified atom stereocenters. The molecule has 2 aromatic rings. The van der Waals surface area contributed by atoms with Crippen LogP contribution in [0, 0.1) is 6.92 Å². The lowest BCUT2D eigenvalue weighted by molar-refractivity contribution is 0.0299. The number of anilines is 2. The molecule has 0 radical (unpaired) electrons. The average molecular weight is 354 g/mol. The summed E-state index contributed by atoms with van der Waals surface area (Å²) in [5.74, 6) is 0.357. The molecule has 2 heterocycles. The van der Waals surface area contributed by atoms with E-state index in [2.05, 4.69) is 48.2 Å². The van der Waals surface area contributed by atoms with Gasteiger partial charge < -0.3 is 15.0 Å². The number of amides is 1. The second-order valence-electron chi connectivity index (χ2n) is 7.58. The van der Waals surface area contributed by atoms with Crippen molar-refractivity contribution in [2.24, 2.45) is 0 Å². The Balaban J connectivity index is 1.78. The number of hydrogen-bond donors (Lipinski definition) is 1. The summed E-state index contributed by atoms with van der Waals surface area (Å²) in [5, 5.41) is 3.20. The Morgan fingerprint density at radius 1 is 1.12 bits per heavy atom. The zero-order chi connectivity index (χ0) is 18.7. The molecule has 0 bridgehead atoms. The van der Waals surface area contributed by atoms with Crippen LogP contribution in [0.2, 0.25) is 0 Å². The molecule has 1 fully saturated rings. The van der Waals surface area contributed by atoms with Gasteiger partial charge in [0.2, 0.25) is 5.95 Å². The molecule has 1 aliphatic rings. The minimum absolute atomic E-state index is 0.0788. The zero-order valence-electron chi connectivity index (χ0n) is 15.9. The standard InChI is InChI=1S/C20H26N4O2/c1-14-13-17(18(25)24-9-11-26-12-10-24)23-19(21-14)22-16-7-5-15(6-8-16)20(2,3)4/h5-8,13H,9-12H2,1-4H3,(H,21,22,23). The number of benzene rings is 1. The van der Waals surface area contributed by atoms with Crippen molar-refractivity contribution in [1.82, 2.24) is 14.9 Å². The second-order valence-corrected chi connectivity index (χ2v) is 7.58. The Hall–Kier alpha value is -2.47. The molecule has 1 aromatic carbocycles. The van der Waals surface area contributed by atoms with Crippen LogP contribution < -0.4 is 5.32 Å². The van der Waals surface area contributed by atoms with Gasteiger partial charge in [0.05, 0.1) is 13.2 Å². The van der Waals surface area contributed by atoms with Gasteiger partial charge in [-0.15, -0.1) is 0 Å². The topological polar surface area (TPSA) is 67.4 Å². The van der Waals surface area contributed by atoms with E-state index in [1.807, 2.05) is 19.1 Å². The van der Waals surface area contributed by atoms with E-state index >= 15 is 0 Å². The van der Waals surface area contributed by atoms with Crippen molar-refractivity contribution in [1.29, 1.82) is 0 Å². The maximum Gasteiger partial charge on any atom is 0.272 e. The van der Waals surface area contributed by atoms with Crippen molar-refractivity contribution in [3.63, 3.8) is 0 Å². The third-order valence-electron chi connectivity index (χ3n) is 4.38. The molecule has 0 spiro atoms. The van der Waals surface area contributed by atoms with Crippen LogP contribution in [0.4, 0.5) is 11.6 Å². The minimum atomic E-state index is -0.0788. The van der Waals surface area contributed by atoms with Crippen molar-refractivity contribution in [2.75, 3.05) is 31.6 Å². The lowest BCUT2D eigenvalue weighted by atomic mass is 9.87. The summed E-state index contributed by atoms with van der Waals surface area (Å²) in [6.45, 7) is 10.7. The summed E-state index contributed by atoms with van der Waals surface area (Å²) in [6, 6.07) is 9.94. The number of hydrogen-bond acceptors (Lipinski definition) is 5. The number of carbonyl (C=O) groups excluding carboxylic acids is 1. The monoisotopic (exact) mass is 354 g/mol. The molecule has 1 aliphatic heterocycles. The maximum atomic E-state index is 12.7. The molecule has 6 heteroatoms. The maximum absolute atomic E-state index is 12.7. The second kappa shape index (κ2) is 7.41. The van der Waals surface area contributed by atoms with Gasteiger partial charge in [-0.3, -0.25) is 4.79 Å². The van der Waals surface area contributed by atoms with Crippen molar-refractivity contribution >= 4 is 17.5 Å². The van der Waals surface area contributed by atoms with Gasteiger partial charge in [-0.1, -0.05) is 32.9 Å². The third-order valence-corrected chi connectivity index (χ3v) is 4.38. The van der Waals surface area contributed by atoms with Crippen LogP contribution in [0.5, 0.6) is 0 Å². The minimum Gasteiger partial charge on any atom is -0.378 e. The Kier molecular flexibility index (Phi) is 5.23. The molecule has 1 amide bonds. The molecule has 3 rings (SSSR count). The van der Waals surface area contributed by atoms with Gasteiger partial charge in [-0.05, 0) is 36.1 Å². The fourth-order valence-corrected chi connectivity index (χ4v) is 2.85. The largest absolute Gasteiger partial charge is 0.378 e. The molecule has 1 N–H and O–H groups in total. The number of nitrogens with one attached hydrogen (secondary N) is 1. The number of aryl methyl sites for hydroxylation is 1. The summed E-state index contributed by atoms with van der Waals surface area (Å²) >= 11 is 0. The third kappa shape index (κ3) is 4.38. The average Bonchev–Trinajstić information content (AvgIpc) is 2.61. The highest BCUT2D eigenvalue weighted by molar-refractivity contribution is 5.92. The predicted molar refractivity (Wildman–Crippen MR) is 102 cm³/mol. The smallest absolute Gasteiger partial charge is 0.272 e. The number of morpholine rings is 1. The van der Waals surface area contributed by atoms with Crippen LogP contribution in [0.25, 0.3) is 0 Å². The SMILES string of the molecule is Cc1cc(C(=O)N2CCOCC2)nc(Nc2ccc(C(C)(C)C)cc2)n1. The van der Waals surface area contributed by atoms with Crippen LogP contribution >= 0.6 is 0 Å². The van der Waals surface area contributed by atoms with E-state index in [4.69, 9.17) is 4.74 Å². The van der Waals surface area contributed by atoms with Crippen LogP contribution in [-0.2, 0) is 10.2 Å². The zero-order valence-corrected chi connectivity index (χ0v) is 15.9. The number of aromatic nitrogens is 2. The summed E-state index contributed by atoms with van der Waals surface area (Å²) in [4.78, 5) is 23.3. The summed E-state index contributed by atoms with van der Waals surface area (Å²) in [7, 11) is 0. The Bertz CT molecular complexity index is 775. The molecule has 6 nitrogen and oxygen atoms in total. The van der Waals surface area contributed by atoms with Crippen molar-refractivity contribution in [3.05, 3.63) is 47.3 Å². The number of carbonyl (C=O) groups is 1. The van der Waals surface area contributed by atoms with Gasteiger partial charge in [0.25, 0.3) is 5.91 Å². The van der Waals surface area contributed by atoms with E-state index < -0.39 is 0 Å². The molecule has 1 aromatic heterocycles. The van der Waals surface area contributed by atoms with Gasteiger partial charge >= 0.3 is 0 Å². The number of nitrogens with zero attached hydrogens (tertiary/aromatic N) is 3. The van der Waals surface area contributed by atoms with Gasteiger partial charge in [0, 0.05) is 24.5 Å². The molecular formula is C20H26N4O2. The number of ether oxygens (including phenoxy) is 1. The lowest BCUT2D eigenvalue weighted by Crippen LogP contribution is -2.41. The lowest BCUT2D eigenvalue weighted by Gasteiger charge is -2.26. The van der Waals surface area contributed by atoms with Crippen LogP contribution in [0.15, 0.2) is 30.3 Å². The highest BCUT2D eigenvalue weighted by Gasteiger charge is 2.21. The Labute approximate surface area is 154 Å². The Morgan fingerprint density at radius 3 is 2.38 bits per heavy atom. The molecule has 0 saturated carbocycles.